The maximum Gasteiger partial charge on any atom is 0.408 e. The van der Waals surface area contributed by atoms with Crippen molar-refractivity contribution in [1.29, 1.82) is 0 Å². The number of amides is 3. The van der Waals surface area contributed by atoms with Crippen LogP contribution in [-0.4, -0.2) is 52.1 Å². The minimum absolute atomic E-state index is 0.0155. The normalized spacial score (nSPS) is 14.1. The van der Waals surface area contributed by atoms with Gasteiger partial charge in [-0.2, -0.15) is 0 Å². The molecule has 3 N–H and O–H groups in total. The van der Waals surface area contributed by atoms with Gasteiger partial charge in [0.25, 0.3) is 0 Å². The van der Waals surface area contributed by atoms with Crippen molar-refractivity contribution in [2.45, 2.75) is 118 Å². The molecule has 0 aliphatic heterocycles. The molecule has 8 heteroatoms. The molecule has 0 aromatic heterocycles. The topological polar surface area (TPSA) is 108 Å². The number of unbranched alkanes of at least 4 members (excludes halogenated alkanes) is 1. The zero-order valence-electron chi connectivity index (χ0n) is 25.0. The van der Waals surface area contributed by atoms with E-state index in [4.69, 9.17) is 4.74 Å². The molecule has 0 fully saturated rings. The molecule has 0 aliphatic rings. The summed E-state index contributed by atoms with van der Waals surface area (Å²) in [5.41, 5.74) is -0.201. The van der Waals surface area contributed by atoms with Gasteiger partial charge in [0.1, 0.15) is 23.4 Å². The molecule has 216 valence electrons. The van der Waals surface area contributed by atoms with E-state index in [9.17, 15) is 19.5 Å². The Morgan fingerprint density at radius 3 is 2.21 bits per heavy atom. The van der Waals surface area contributed by atoms with Crippen LogP contribution in [0, 0.1) is 11.8 Å². The summed E-state index contributed by atoms with van der Waals surface area (Å²) in [5.74, 6) is -0.126. The molecule has 1 aromatic rings. The zero-order valence-corrected chi connectivity index (χ0v) is 25.0. The van der Waals surface area contributed by atoms with Gasteiger partial charge in [-0.05, 0) is 82.9 Å². The first-order valence-corrected chi connectivity index (χ1v) is 14.0. The standard InChI is InChI=1S/C30H51N3O5/c1-10-11-17-31-27(35)26(23-13-12-14-24(34)19-23)33(22(6)16-15-20(2)3)28(36)25(18-21(4)5)32-29(37)38-30(7,8)9/h12-14,19-22,25-26,34H,10-11,15-18H2,1-9H3,(H,31,35)(H,32,37). The molecule has 0 bridgehead atoms. The van der Waals surface area contributed by atoms with E-state index in [0.717, 1.165) is 19.3 Å². The van der Waals surface area contributed by atoms with Crippen molar-refractivity contribution in [3.63, 3.8) is 0 Å². The third-order valence-electron chi connectivity index (χ3n) is 6.13. The number of ether oxygens (including phenoxy) is 1. The van der Waals surface area contributed by atoms with Crippen molar-refractivity contribution in [3.8, 4) is 5.75 Å². The van der Waals surface area contributed by atoms with E-state index >= 15 is 0 Å². The van der Waals surface area contributed by atoms with Crippen LogP contribution in [0.3, 0.4) is 0 Å². The maximum atomic E-state index is 14.3. The maximum absolute atomic E-state index is 14.3. The highest BCUT2D eigenvalue weighted by Crippen LogP contribution is 2.30. The van der Waals surface area contributed by atoms with Crippen LogP contribution in [-0.2, 0) is 14.3 Å². The van der Waals surface area contributed by atoms with Gasteiger partial charge in [0.15, 0.2) is 0 Å². The Morgan fingerprint density at radius 1 is 1.03 bits per heavy atom. The first kappa shape index (κ1) is 33.3. The van der Waals surface area contributed by atoms with Crippen LogP contribution in [0.15, 0.2) is 24.3 Å². The number of hydrogen-bond acceptors (Lipinski definition) is 5. The van der Waals surface area contributed by atoms with Crippen LogP contribution in [0.2, 0.25) is 0 Å². The molecule has 3 amide bonds. The van der Waals surface area contributed by atoms with Crippen LogP contribution in [0.4, 0.5) is 4.79 Å². The summed E-state index contributed by atoms with van der Waals surface area (Å²) in [4.78, 5) is 42.3. The number of phenols is 1. The fourth-order valence-corrected chi connectivity index (χ4v) is 4.25. The fraction of sp³-hybridized carbons (Fsp3) is 0.700. The molecular formula is C30H51N3O5. The molecule has 0 saturated heterocycles. The lowest BCUT2D eigenvalue weighted by Gasteiger charge is -2.39. The second kappa shape index (κ2) is 15.6. The van der Waals surface area contributed by atoms with Crippen LogP contribution in [0.1, 0.15) is 106 Å². The summed E-state index contributed by atoms with van der Waals surface area (Å²) in [6.07, 6.45) is 2.99. The first-order valence-electron chi connectivity index (χ1n) is 14.0. The second-order valence-corrected chi connectivity index (χ2v) is 12.0. The Bertz CT molecular complexity index is 894. The average molecular weight is 534 g/mol. The molecule has 3 unspecified atom stereocenters. The summed E-state index contributed by atoms with van der Waals surface area (Å²) in [7, 11) is 0. The molecule has 8 nitrogen and oxygen atoms in total. The predicted molar refractivity (Wildman–Crippen MR) is 152 cm³/mol. The van der Waals surface area contributed by atoms with E-state index in [1.165, 1.54) is 12.1 Å². The summed E-state index contributed by atoms with van der Waals surface area (Å²) < 4.78 is 5.46. The highest BCUT2D eigenvalue weighted by molar-refractivity contribution is 5.92. The molecule has 0 heterocycles. The Morgan fingerprint density at radius 2 is 1.68 bits per heavy atom. The van der Waals surface area contributed by atoms with E-state index < -0.39 is 23.8 Å². The molecule has 1 rings (SSSR count). The van der Waals surface area contributed by atoms with Gasteiger partial charge in [-0.1, -0.05) is 53.2 Å². The smallest absolute Gasteiger partial charge is 0.408 e. The van der Waals surface area contributed by atoms with Gasteiger partial charge in [-0.3, -0.25) is 9.59 Å². The molecule has 0 radical (unpaired) electrons. The summed E-state index contributed by atoms with van der Waals surface area (Å²) in [6, 6.07) is 4.33. The summed E-state index contributed by atoms with van der Waals surface area (Å²) in [6.45, 7) is 18.0. The molecule has 0 saturated carbocycles. The van der Waals surface area contributed by atoms with E-state index in [1.54, 1.807) is 37.8 Å². The zero-order chi connectivity index (χ0) is 29.0. The van der Waals surface area contributed by atoms with Gasteiger partial charge in [0.2, 0.25) is 11.8 Å². The highest BCUT2D eigenvalue weighted by Gasteiger charge is 2.39. The molecule has 0 spiro atoms. The number of carbonyl (C=O) groups excluding carboxylic acids is 3. The number of hydrogen-bond donors (Lipinski definition) is 3. The van der Waals surface area contributed by atoms with Crippen molar-refractivity contribution in [2.24, 2.45) is 11.8 Å². The number of carbonyl (C=O) groups is 3. The van der Waals surface area contributed by atoms with E-state index in [-0.39, 0.29) is 29.5 Å². The number of phenolic OH excluding ortho intramolecular Hbond substituents is 1. The van der Waals surface area contributed by atoms with Gasteiger partial charge >= 0.3 is 6.09 Å². The number of nitrogens with one attached hydrogen (secondary N) is 2. The lowest BCUT2D eigenvalue weighted by Crippen LogP contribution is -2.56. The SMILES string of the molecule is CCCCNC(=O)C(c1cccc(O)c1)N(C(=O)C(CC(C)C)NC(=O)OC(C)(C)C)C(C)CCC(C)C. The van der Waals surface area contributed by atoms with E-state index in [0.29, 0.717) is 30.9 Å². The molecule has 0 aliphatic carbocycles. The van der Waals surface area contributed by atoms with Gasteiger partial charge < -0.3 is 25.4 Å². The minimum atomic E-state index is -0.969. The third kappa shape index (κ3) is 11.7. The lowest BCUT2D eigenvalue weighted by molar-refractivity contribution is -0.145. The number of nitrogens with zero attached hydrogens (tertiary/aromatic N) is 1. The highest BCUT2D eigenvalue weighted by atomic mass is 16.6. The van der Waals surface area contributed by atoms with Gasteiger partial charge in [0.05, 0.1) is 0 Å². The number of benzene rings is 1. The monoisotopic (exact) mass is 533 g/mol. The Balaban J connectivity index is 3.58. The van der Waals surface area contributed by atoms with Crippen molar-refractivity contribution in [1.82, 2.24) is 15.5 Å². The van der Waals surface area contributed by atoms with Gasteiger partial charge in [0, 0.05) is 12.6 Å². The number of alkyl carbamates (subject to hydrolysis) is 1. The molecular weight excluding hydrogens is 482 g/mol. The molecule has 3 atom stereocenters. The van der Waals surface area contributed by atoms with Crippen LogP contribution in [0.5, 0.6) is 5.75 Å². The largest absolute Gasteiger partial charge is 0.508 e. The first-order chi connectivity index (χ1) is 17.7. The van der Waals surface area contributed by atoms with Crippen LogP contribution >= 0.6 is 0 Å². The molecule has 38 heavy (non-hydrogen) atoms. The van der Waals surface area contributed by atoms with E-state index in [1.807, 2.05) is 27.7 Å². The van der Waals surface area contributed by atoms with E-state index in [2.05, 4.69) is 24.5 Å². The minimum Gasteiger partial charge on any atom is -0.508 e. The number of aromatic hydroxyl groups is 1. The van der Waals surface area contributed by atoms with Crippen molar-refractivity contribution < 1.29 is 24.2 Å². The Hall–Kier alpha value is -2.77. The lowest BCUT2D eigenvalue weighted by atomic mass is 9.95. The Labute approximate surface area is 229 Å². The average Bonchev–Trinajstić information content (AvgIpc) is 2.78. The van der Waals surface area contributed by atoms with Gasteiger partial charge in [-0.15, -0.1) is 0 Å². The Kier molecular flexibility index (Phi) is 13.6. The fourth-order valence-electron chi connectivity index (χ4n) is 4.25. The third-order valence-corrected chi connectivity index (χ3v) is 6.13. The predicted octanol–water partition coefficient (Wildman–Crippen LogP) is 5.94. The van der Waals surface area contributed by atoms with Crippen molar-refractivity contribution in [3.05, 3.63) is 29.8 Å². The van der Waals surface area contributed by atoms with Crippen molar-refractivity contribution in [2.75, 3.05) is 6.54 Å². The quantitative estimate of drug-likeness (QED) is 0.256. The second-order valence-electron chi connectivity index (χ2n) is 12.0. The summed E-state index contributed by atoms with van der Waals surface area (Å²) in [5, 5.41) is 16.0. The van der Waals surface area contributed by atoms with Gasteiger partial charge in [-0.25, -0.2) is 4.79 Å². The van der Waals surface area contributed by atoms with Crippen LogP contribution < -0.4 is 10.6 Å². The summed E-state index contributed by atoms with van der Waals surface area (Å²) >= 11 is 0. The molecule has 1 aromatic carbocycles. The number of rotatable bonds is 14. The van der Waals surface area contributed by atoms with Crippen LogP contribution in [0.25, 0.3) is 0 Å². The van der Waals surface area contributed by atoms with Crippen molar-refractivity contribution >= 4 is 17.9 Å².